The summed E-state index contributed by atoms with van der Waals surface area (Å²) in [4.78, 5) is 13.8. The maximum atomic E-state index is 13.2. The van der Waals surface area contributed by atoms with Gasteiger partial charge in [-0.25, -0.2) is 8.42 Å². The Hall–Kier alpha value is -2.34. The number of anilines is 2. The second kappa shape index (κ2) is 7.91. The number of para-hydroxylation sites is 1. The maximum Gasteiger partial charge on any atom is 0.264 e. The third-order valence-electron chi connectivity index (χ3n) is 4.57. The van der Waals surface area contributed by atoms with E-state index in [4.69, 9.17) is 0 Å². The number of hydrogen-bond acceptors (Lipinski definition) is 3. The molecule has 2 aromatic carbocycles. The summed E-state index contributed by atoms with van der Waals surface area (Å²) in [5, 5.41) is 0. The predicted octanol–water partition coefficient (Wildman–Crippen LogP) is 3.81. The predicted molar refractivity (Wildman–Crippen MR) is 104 cm³/mol. The lowest BCUT2D eigenvalue weighted by Crippen LogP contribution is -2.32. The molecule has 0 radical (unpaired) electrons. The van der Waals surface area contributed by atoms with Crippen molar-refractivity contribution in [1.82, 2.24) is 0 Å². The quantitative estimate of drug-likeness (QED) is 0.743. The Kier molecular flexibility index (Phi) is 5.61. The van der Waals surface area contributed by atoms with E-state index in [1.54, 1.807) is 29.2 Å². The topological polar surface area (TPSA) is 57.7 Å². The SMILES string of the molecule is CCCCN(c1ccccc1)S(=O)(=O)c1ccc(N2CCCC2=O)cc1. The van der Waals surface area contributed by atoms with Gasteiger partial charge in [0, 0.05) is 25.2 Å². The van der Waals surface area contributed by atoms with Crippen LogP contribution in [0.3, 0.4) is 0 Å². The van der Waals surface area contributed by atoms with E-state index in [0.717, 1.165) is 24.9 Å². The van der Waals surface area contributed by atoms with Crippen molar-refractivity contribution in [2.75, 3.05) is 22.3 Å². The fourth-order valence-corrected chi connectivity index (χ4v) is 4.63. The molecule has 1 heterocycles. The normalized spacial score (nSPS) is 14.7. The minimum absolute atomic E-state index is 0.0921. The van der Waals surface area contributed by atoms with Gasteiger partial charge in [-0.3, -0.25) is 9.10 Å². The summed E-state index contributed by atoms with van der Waals surface area (Å²) in [7, 11) is -3.65. The highest BCUT2D eigenvalue weighted by atomic mass is 32.2. The zero-order valence-electron chi connectivity index (χ0n) is 15.0. The average Bonchev–Trinajstić information content (AvgIpc) is 3.09. The largest absolute Gasteiger partial charge is 0.312 e. The van der Waals surface area contributed by atoms with Crippen molar-refractivity contribution in [2.24, 2.45) is 0 Å². The highest BCUT2D eigenvalue weighted by molar-refractivity contribution is 7.92. The van der Waals surface area contributed by atoms with Crippen molar-refractivity contribution in [1.29, 1.82) is 0 Å². The van der Waals surface area contributed by atoms with Crippen LogP contribution in [0.15, 0.2) is 59.5 Å². The molecule has 0 unspecified atom stereocenters. The number of nitrogens with zero attached hydrogens (tertiary/aromatic N) is 2. The molecule has 1 fully saturated rings. The standard InChI is InChI=1S/C20H24N2O3S/c1-2-3-16-22(18-8-5-4-6-9-18)26(24,25)19-13-11-17(12-14-19)21-15-7-10-20(21)23/h4-6,8-9,11-14H,2-3,7,10,15-16H2,1H3. The minimum Gasteiger partial charge on any atom is -0.312 e. The summed E-state index contributed by atoms with van der Waals surface area (Å²) >= 11 is 0. The highest BCUT2D eigenvalue weighted by Crippen LogP contribution is 2.27. The van der Waals surface area contributed by atoms with Crippen LogP contribution in [0.1, 0.15) is 32.6 Å². The number of benzene rings is 2. The summed E-state index contributed by atoms with van der Waals surface area (Å²) in [6.45, 7) is 3.17. The number of unbranched alkanes of at least 4 members (excludes halogenated alkanes) is 1. The number of amides is 1. The summed E-state index contributed by atoms with van der Waals surface area (Å²) in [5.74, 6) is 0.0921. The molecule has 0 aromatic heterocycles. The Balaban J connectivity index is 1.90. The molecule has 6 heteroatoms. The van der Waals surface area contributed by atoms with Crippen molar-refractivity contribution in [3.8, 4) is 0 Å². The van der Waals surface area contributed by atoms with Gasteiger partial charge in [-0.2, -0.15) is 0 Å². The first-order valence-electron chi connectivity index (χ1n) is 9.02. The van der Waals surface area contributed by atoms with Crippen molar-refractivity contribution < 1.29 is 13.2 Å². The first-order valence-corrected chi connectivity index (χ1v) is 10.5. The van der Waals surface area contributed by atoms with Crippen LogP contribution in [-0.4, -0.2) is 27.4 Å². The lowest BCUT2D eigenvalue weighted by atomic mass is 10.3. The Morgan fingerprint density at radius 2 is 1.73 bits per heavy atom. The van der Waals surface area contributed by atoms with Gasteiger partial charge in [0.05, 0.1) is 10.6 Å². The molecular formula is C20H24N2O3S. The highest BCUT2D eigenvalue weighted by Gasteiger charge is 2.26. The fraction of sp³-hybridized carbons (Fsp3) is 0.350. The Morgan fingerprint density at radius 3 is 2.31 bits per heavy atom. The molecule has 26 heavy (non-hydrogen) atoms. The van der Waals surface area contributed by atoms with Gasteiger partial charge >= 0.3 is 0 Å². The van der Waals surface area contributed by atoms with E-state index in [1.807, 2.05) is 37.3 Å². The van der Waals surface area contributed by atoms with Crippen molar-refractivity contribution in [3.63, 3.8) is 0 Å². The van der Waals surface area contributed by atoms with Crippen LogP contribution in [0.25, 0.3) is 0 Å². The minimum atomic E-state index is -3.65. The number of rotatable bonds is 7. The van der Waals surface area contributed by atoms with Gasteiger partial charge in [-0.05, 0) is 49.2 Å². The van der Waals surface area contributed by atoms with Crippen LogP contribution in [0, 0.1) is 0 Å². The van der Waals surface area contributed by atoms with Crippen molar-refractivity contribution in [2.45, 2.75) is 37.5 Å². The van der Waals surface area contributed by atoms with Gasteiger partial charge in [-0.15, -0.1) is 0 Å². The second-order valence-corrected chi connectivity index (χ2v) is 8.27. The smallest absolute Gasteiger partial charge is 0.264 e. The molecular weight excluding hydrogens is 348 g/mol. The molecule has 0 atom stereocenters. The van der Waals surface area contributed by atoms with Crippen LogP contribution in [-0.2, 0) is 14.8 Å². The molecule has 1 saturated heterocycles. The van der Waals surface area contributed by atoms with E-state index in [1.165, 1.54) is 4.31 Å². The van der Waals surface area contributed by atoms with Crippen LogP contribution in [0.4, 0.5) is 11.4 Å². The second-order valence-electron chi connectivity index (χ2n) is 6.41. The number of carbonyl (C=O) groups excluding carboxylic acids is 1. The van der Waals surface area contributed by atoms with Gasteiger partial charge in [0.2, 0.25) is 5.91 Å². The lowest BCUT2D eigenvalue weighted by molar-refractivity contribution is -0.117. The summed E-state index contributed by atoms with van der Waals surface area (Å²) in [5.41, 5.74) is 1.42. The van der Waals surface area contributed by atoms with Gasteiger partial charge in [0.1, 0.15) is 0 Å². The van der Waals surface area contributed by atoms with Crippen LogP contribution in [0.2, 0.25) is 0 Å². The number of hydrogen-bond donors (Lipinski definition) is 0. The van der Waals surface area contributed by atoms with E-state index in [9.17, 15) is 13.2 Å². The third kappa shape index (κ3) is 3.75. The van der Waals surface area contributed by atoms with Gasteiger partial charge in [-0.1, -0.05) is 31.5 Å². The van der Waals surface area contributed by atoms with Crippen molar-refractivity contribution >= 4 is 27.3 Å². The monoisotopic (exact) mass is 372 g/mol. The lowest BCUT2D eigenvalue weighted by Gasteiger charge is -2.25. The number of carbonyl (C=O) groups is 1. The van der Waals surface area contributed by atoms with Gasteiger partial charge < -0.3 is 4.90 Å². The fourth-order valence-electron chi connectivity index (χ4n) is 3.13. The van der Waals surface area contributed by atoms with Gasteiger partial charge in [0.25, 0.3) is 10.0 Å². The molecule has 5 nitrogen and oxygen atoms in total. The molecule has 0 bridgehead atoms. The zero-order valence-corrected chi connectivity index (χ0v) is 15.8. The molecule has 1 aliphatic rings. The zero-order chi connectivity index (χ0) is 18.6. The maximum absolute atomic E-state index is 13.2. The Bertz CT molecular complexity index is 848. The molecule has 2 aromatic rings. The summed E-state index contributed by atoms with van der Waals surface area (Å²) in [6.07, 6.45) is 3.10. The molecule has 1 amide bonds. The number of sulfonamides is 1. The third-order valence-corrected chi connectivity index (χ3v) is 6.41. The molecule has 3 rings (SSSR count). The van der Waals surface area contributed by atoms with Crippen LogP contribution >= 0.6 is 0 Å². The van der Waals surface area contributed by atoms with E-state index in [-0.39, 0.29) is 10.8 Å². The van der Waals surface area contributed by atoms with E-state index >= 15 is 0 Å². The molecule has 0 saturated carbocycles. The molecule has 0 N–H and O–H groups in total. The average molecular weight is 372 g/mol. The van der Waals surface area contributed by atoms with E-state index < -0.39 is 10.0 Å². The van der Waals surface area contributed by atoms with Gasteiger partial charge in [0.15, 0.2) is 0 Å². The summed E-state index contributed by atoms with van der Waals surface area (Å²) < 4.78 is 27.8. The van der Waals surface area contributed by atoms with Crippen LogP contribution < -0.4 is 9.21 Å². The van der Waals surface area contributed by atoms with Crippen LogP contribution in [0.5, 0.6) is 0 Å². The first-order chi connectivity index (χ1) is 12.5. The molecule has 138 valence electrons. The summed E-state index contributed by atoms with van der Waals surface area (Å²) in [6, 6.07) is 15.8. The van der Waals surface area contributed by atoms with E-state index in [0.29, 0.717) is 25.2 Å². The van der Waals surface area contributed by atoms with E-state index in [2.05, 4.69) is 0 Å². The molecule has 0 aliphatic carbocycles. The first kappa shape index (κ1) is 18.5. The van der Waals surface area contributed by atoms with Crippen molar-refractivity contribution in [3.05, 3.63) is 54.6 Å². The Morgan fingerprint density at radius 1 is 1.04 bits per heavy atom. The molecule has 0 spiro atoms. The molecule has 1 aliphatic heterocycles. The Labute approximate surface area is 155 Å².